The van der Waals surface area contributed by atoms with Gasteiger partial charge in [-0.15, -0.1) is 0 Å². The molecule has 0 aliphatic carbocycles. The highest BCUT2D eigenvalue weighted by molar-refractivity contribution is 4.57. The van der Waals surface area contributed by atoms with Crippen molar-refractivity contribution >= 4 is 0 Å². The SMILES string of the molecule is [14CH2]=C(F)F. The minimum Gasteiger partial charge on any atom is -0.174 e. The molecule has 0 aliphatic heterocycles. The van der Waals surface area contributed by atoms with Gasteiger partial charge in [0.25, 0.3) is 6.08 Å². The van der Waals surface area contributed by atoms with Crippen LogP contribution in [0.2, 0.25) is 0 Å². The van der Waals surface area contributed by atoms with Gasteiger partial charge in [-0.05, 0) is 6.58 Å². The van der Waals surface area contributed by atoms with Crippen LogP contribution in [0.15, 0.2) is 12.7 Å². The lowest BCUT2D eigenvalue weighted by molar-refractivity contribution is 0.426. The van der Waals surface area contributed by atoms with Crippen molar-refractivity contribution in [1.29, 1.82) is 0 Å². The molecular formula is C2H2F2. The van der Waals surface area contributed by atoms with Crippen LogP contribution in [0.25, 0.3) is 0 Å². The number of hydrogen-bond acceptors (Lipinski definition) is 0. The fraction of sp³-hybridized carbons (Fsp3) is 0. The highest BCUT2D eigenvalue weighted by Crippen LogP contribution is 1.85. The average molecular weight is 66.0 g/mol. The van der Waals surface area contributed by atoms with Crippen LogP contribution in [0, 0.1) is 0 Å². The molecule has 0 heterocycles. The minimum atomic E-state index is -1.83. The quantitative estimate of drug-likeness (QED) is 0.401. The van der Waals surface area contributed by atoms with Gasteiger partial charge in [0, 0.05) is 0 Å². The monoisotopic (exact) mass is 66.0 g/mol. The van der Waals surface area contributed by atoms with E-state index in [0.717, 1.165) is 0 Å². The Labute approximate surface area is 22.7 Å². The molecule has 0 aromatic rings. The molecule has 0 N–H and O–H groups in total. The maximum absolute atomic E-state index is 10.1. The summed E-state index contributed by atoms with van der Waals surface area (Å²) in [6.45, 7) is 2.22. The zero-order valence-corrected chi connectivity index (χ0v) is 1.96. The number of halogens is 2. The second-order valence-electron chi connectivity index (χ2n) is 0.339. The van der Waals surface area contributed by atoms with Crippen LogP contribution >= 0.6 is 0 Å². The van der Waals surface area contributed by atoms with Gasteiger partial charge in [-0.1, -0.05) is 0 Å². The van der Waals surface area contributed by atoms with Crippen molar-refractivity contribution in [3.8, 4) is 0 Å². The van der Waals surface area contributed by atoms with Gasteiger partial charge in [0.2, 0.25) is 0 Å². The Morgan fingerprint density at radius 2 is 1.50 bits per heavy atom. The van der Waals surface area contributed by atoms with Crippen LogP contribution in [-0.2, 0) is 0 Å². The molecule has 0 saturated carbocycles. The first kappa shape index (κ1) is 3.60. The molecule has 0 fully saturated rings. The van der Waals surface area contributed by atoms with Crippen molar-refractivity contribution < 1.29 is 8.78 Å². The van der Waals surface area contributed by atoms with Gasteiger partial charge in [-0.2, -0.15) is 8.78 Å². The van der Waals surface area contributed by atoms with Crippen molar-refractivity contribution in [1.82, 2.24) is 0 Å². The van der Waals surface area contributed by atoms with Gasteiger partial charge in [0.1, 0.15) is 0 Å². The van der Waals surface area contributed by atoms with Gasteiger partial charge < -0.3 is 0 Å². The first-order valence-corrected chi connectivity index (χ1v) is 0.732. The standard InChI is InChI=1S/C2H2F2/c1-2(3)4/h1H2/i1+2. The van der Waals surface area contributed by atoms with Gasteiger partial charge >= 0.3 is 0 Å². The van der Waals surface area contributed by atoms with Crippen LogP contribution in [0.4, 0.5) is 8.78 Å². The lowest BCUT2D eigenvalue weighted by atomic mass is 11.5. The molecule has 24 valence electrons. The van der Waals surface area contributed by atoms with Crippen molar-refractivity contribution in [3.05, 3.63) is 12.7 Å². The molecule has 4 heavy (non-hydrogen) atoms. The fourth-order valence-corrected chi connectivity index (χ4v) is 0. The summed E-state index contributed by atoms with van der Waals surface area (Å²) in [6.07, 6.45) is -1.83. The van der Waals surface area contributed by atoms with Gasteiger partial charge in [-0.3, -0.25) is 0 Å². The summed E-state index contributed by atoms with van der Waals surface area (Å²) < 4.78 is 20.3. The predicted octanol–water partition coefficient (Wildman–Crippen LogP) is 1.40. The van der Waals surface area contributed by atoms with E-state index in [4.69, 9.17) is 0 Å². The van der Waals surface area contributed by atoms with Crippen molar-refractivity contribution in [2.45, 2.75) is 0 Å². The van der Waals surface area contributed by atoms with E-state index in [1.54, 1.807) is 0 Å². The van der Waals surface area contributed by atoms with Crippen LogP contribution in [0.5, 0.6) is 0 Å². The highest BCUT2D eigenvalue weighted by Gasteiger charge is 1.65. The van der Waals surface area contributed by atoms with Crippen LogP contribution in [-0.4, -0.2) is 0 Å². The average Bonchev–Trinajstić information content (AvgIpc) is 0.811. The summed E-state index contributed by atoms with van der Waals surface area (Å²) >= 11 is 0. The van der Waals surface area contributed by atoms with E-state index in [0.29, 0.717) is 0 Å². The topological polar surface area (TPSA) is 0 Å². The van der Waals surface area contributed by atoms with E-state index >= 15 is 0 Å². The Balaban J connectivity index is 2.80. The van der Waals surface area contributed by atoms with E-state index in [2.05, 4.69) is 6.58 Å². The Bertz CT molecular complexity index is 27.0. The van der Waals surface area contributed by atoms with Gasteiger partial charge in [0.05, 0.1) is 0 Å². The molecule has 0 radical (unpaired) electrons. The molecule has 0 saturated heterocycles. The third-order valence-electron chi connectivity index (χ3n) is 0. The summed E-state index contributed by atoms with van der Waals surface area (Å²) in [4.78, 5) is 0. The molecule has 0 rings (SSSR count). The van der Waals surface area contributed by atoms with Gasteiger partial charge in [0.15, 0.2) is 0 Å². The van der Waals surface area contributed by atoms with E-state index in [1.807, 2.05) is 0 Å². The van der Waals surface area contributed by atoms with Crippen molar-refractivity contribution in [2.75, 3.05) is 0 Å². The minimum absolute atomic E-state index is 1.83. The zero-order chi connectivity index (χ0) is 3.58. The zero-order valence-electron chi connectivity index (χ0n) is 1.96. The lowest BCUT2D eigenvalue weighted by Crippen LogP contribution is -1.33. The smallest absolute Gasteiger partial charge is 0.174 e. The highest BCUT2D eigenvalue weighted by atomic mass is 19.3. The Morgan fingerprint density at radius 3 is 1.50 bits per heavy atom. The maximum atomic E-state index is 10.1. The summed E-state index contributed by atoms with van der Waals surface area (Å²) in [5, 5.41) is 0. The normalized spacial score (nSPS) is 6.50. The molecule has 2 heteroatoms. The summed E-state index contributed by atoms with van der Waals surface area (Å²) in [6, 6.07) is 0. The first-order valence-electron chi connectivity index (χ1n) is 0.732. The summed E-state index contributed by atoms with van der Waals surface area (Å²) in [7, 11) is 0. The molecule has 0 nitrogen and oxygen atoms in total. The summed E-state index contributed by atoms with van der Waals surface area (Å²) in [5.74, 6) is 0. The third-order valence-corrected chi connectivity index (χ3v) is 0. The lowest BCUT2D eigenvalue weighted by Gasteiger charge is -1.54. The second-order valence-corrected chi connectivity index (χ2v) is 0.339. The molecule has 0 amide bonds. The van der Waals surface area contributed by atoms with E-state index in [1.165, 1.54) is 0 Å². The third kappa shape index (κ3) is 3.60. The molecular weight excluding hydrogens is 64.0 g/mol. The molecule has 0 bridgehead atoms. The van der Waals surface area contributed by atoms with Crippen LogP contribution < -0.4 is 0 Å². The van der Waals surface area contributed by atoms with Gasteiger partial charge in [-0.25, -0.2) is 0 Å². The van der Waals surface area contributed by atoms with Crippen molar-refractivity contribution in [2.24, 2.45) is 0 Å². The maximum Gasteiger partial charge on any atom is 0.263 e. The Kier molecular flexibility index (Phi) is 0.886. The Morgan fingerprint density at radius 1 is 1.50 bits per heavy atom. The largest absolute Gasteiger partial charge is 0.263 e. The predicted molar refractivity (Wildman–Crippen MR) is 11.4 cm³/mol. The number of hydrogen-bond donors (Lipinski definition) is 0. The van der Waals surface area contributed by atoms with E-state index in [9.17, 15) is 8.78 Å². The fourth-order valence-electron chi connectivity index (χ4n) is 0. The van der Waals surface area contributed by atoms with Crippen LogP contribution in [0.1, 0.15) is 0 Å². The molecule has 0 unspecified atom stereocenters. The molecule has 0 aromatic heterocycles. The molecule has 0 spiro atoms. The van der Waals surface area contributed by atoms with E-state index < -0.39 is 6.08 Å². The summed E-state index contributed by atoms with van der Waals surface area (Å²) in [5.41, 5.74) is 0. The Hall–Kier alpha value is -0.400. The molecule has 0 aliphatic rings. The molecule has 0 atom stereocenters. The van der Waals surface area contributed by atoms with Crippen LogP contribution in [0.3, 0.4) is 0 Å². The second kappa shape index (κ2) is 0.985. The first-order chi connectivity index (χ1) is 1.73. The number of rotatable bonds is 0. The van der Waals surface area contributed by atoms with E-state index in [-0.39, 0.29) is 0 Å². The van der Waals surface area contributed by atoms with Crippen molar-refractivity contribution in [3.63, 3.8) is 0 Å². The molecule has 0 aromatic carbocycles.